The summed E-state index contributed by atoms with van der Waals surface area (Å²) >= 11 is 0. The molecule has 122 valence electrons. The van der Waals surface area contributed by atoms with Gasteiger partial charge in [-0.05, 0) is 31.2 Å². The van der Waals surface area contributed by atoms with Crippen molar-refractivity contribution in [3.63, 3.8) is 0 Å². The van der Waals surface area contributed by atoms with Crippen LogP contribution in [0, 0.1) is 12.7 Å². The van der Waals surface area contributed by atoms with Crippen molar-refractivity contribution in [2.45, 2.75) is 13.8 Å². The normalized spacial score (nSPS) is 10.6. The van der Waals surface area contributed by atoms with Crippen LogP contribution in [-0.4, -0.2) is 5.97 Å². The molecule has 3 rings (SSSR count). The summed E-state index contributed by atoms with van der Waals surface area (Å²) in [6.07, 6.45) is 1.11. The average molecular weight is 328 g/mol. The van der Waals surface area contributed by atoms with Crippen molar-refractivity contribution in [3.8, 4) is 17.2 Å². The molecule has 0 aliphatic carbocycles. The maximum atomic E-state index is 13.7. The standard InChI is InChI=1S/C18H13FO5/c1-10-14(23-11(2)20)8-7-12-17(21)16(9-22-18(10)12)24-15-6-4-3-5-13(15)19/h3-9H,1-2H3. The van der Waals surface area contributed by atoms with Gasteiger partial charge in [0.2, 0.25) is 11.2 Å². The minimum absolute atomic E-state index is 0.0718. The maximum absolute atomic E-state index is 13.7. The zero-order chi connectivity index (χ0) is 17.3. The van der Waals surface area contributed by atoms with Crippen molar-refractivity contribution in [1.29, 1.82) is 0 Å². The van der Waals surface area contributed by atoms with E-state index < -0.39 is 17.2 Å². The van der Waals surface area contributed by atoms with Crippen LogP contribution in [0.5, 0.6) is 17.2 Å². The van der Waals surface area contributed by atoms with Gasteiger partial charge in [-0.15, -0.1) is 0 Å². The highest BCUT2D eigenvalue weighted by Gasteiger charge is 2.15. The van der Waals surface area contributed by atoms with E-state index in [4.69, 9.17) is 13.9 Å². The van der Waals surface area contributed by atoms with Crippen LogP contribution in [0.4, 0.5) is 4.39 Å². The fourth-order valence-corrected chi connectivity index (χ4v) is 2.28. The molecule has 5 nitrogen and oxygen atoms in total. The molecule has 1 heterocycles. The Kier molecular flexibility index (Phi) is 4.04. The molecule has 24 heavy (non-hydrogen) atoms. The summed E-state index contributed by atoms with van der Waals surface area (Å²) in [7, 11) is 0. The molecule has 0 bridgehead atoms. The van der Waals surface area contributed by atoms with E-state index in [1.807, 2.05) is 0 Å². The van der Waals surface area contributed by atoms with Crippen LogP contribution < -0.4 is 14.9 Å². The number of rotatable bonds is 3. The molecular formula is C18H13FO5. The number of carbonyl (C=O) groups is 1. The number of halogens is 1. The minimum atomic E-state index is -0.585. The van der Waals surface area contributed by atoms with Crippen LogP contribution in [0.15, 0.2) is 51.9 Å². The van der Waals surface area contributed by atoms with Crippen LogP contribution in [-0.2, 0) is 4.79 Å². The smallest absolute Gasteiger partial charge is 0.308 e. The molecule has 0 aliphatic heterocycles. The highest BCUT2D eigenvalue weighted by atomic mass is 19.1. The summed E-state index contributed by atoms with van der Waals surface area (Å²) in [6.45, 7) is 2.95. The monoisotopic (exact) mass is 328 g/mol. The van der Waals surface area contributed by atoms with Gasteiger partial charge in [0.15, 0.2) is 11.6 Å². The summed E-state index contributed by atoms with van der Waals surface area (Å²) in [5.74, 6) is -0.955. The summed E-state index contributed by atoms with van der Waals surface area (Å²) < 4.78 is 29.5. The largest absolute Gasteiger partial charge is 0.460 e. The van der Waals surface area contributed by atoms with E-state index in [0.717, 1.165) is 6.26 Å². The lowest BCUT2D eigenvalue weighted by Gasteiger charge is -2.09. The second kappa shape index (κ2) is 6.16. The zero-order valence-electron chi connectivity index (χ0n) is 13.0. The Morgan fingerprint density at radius 1 is 1.08 bits per heavy atom. The van der Waals surface area contributed by atoms with Crippen molar-refractivity contribution in [3.05, 3.63) is 64.3 Å². The Labute approximate surface area is 136 Å². The highest BCUT2D eigenvalue weighted by Crippen LogP contribution is 2.29. The van der Waals surface area contributed by atoms with E-state index in [0.29, 0.717) is 11.3 Å². The first-order valence-corrected chi connectivity index (χ1v) is 7.13. The van der Waals surface area contributed by atoms with Gasteiger partial charge < -0.3 is 13.9 Å². The number of ether oxygens (including phenoxy) is 2. The molecule has 0 aliphatic rings. The second-order valence-electron chi connectivity index (χ2n) is 5.12. The molecule has 0 N–H and O–H groups in total. The molecule has 1 aromatic heterocycles. The third kappa shape index (κ3) is 2.86. The van der Waals surface area contributed by atoms with E-state index in [1.165, 1.54) is 37.3 Å². The topological polar surface area (TPSA) is 65.7 Å². The van der Waals surface area contributed by atoms with Crippen LogP contribution in [0.25, 0.3) is 11.0 Å². The number of aryl methyl sites for hydroxylation is 1. The van der Waals surface area contributed by atoms with Crippen molar-refractivity contribution < 1.29 is 23.1 Å². The summed E-state index contributed by atoms with van der Waals surface area (Å²) in [4.78, 5) is 23.6. The van der Waals surface area contributed by atoms with E-state index in [-0.39, 0.29) is 22.5 Å². The summed E-state index contributed by atoms with van der Waals surface area (Å²) in [5, 5.41) is 0.247. The van der Waals surface area contributed by atoms with Gasteiger partial charge in [-0.2, -0.15) is 0 Å². The first-order valence-electron chi connectivity index (χ1n) is 7.13. The SMILES string of the molecule is CC(=O)Oc1ccc2c(=O)c(Oc3ccccc3F)coc2c1C. The Bertz CT molecular complexity index is 990. The lowest BCUT2D eigenvalue weighted by atomic mass is 10.1. The average Bonchev–Trinajstić information content (AvgIpc) is 2.54. The lowest BCUT2D eigenvalue weighted by Crippen LogP contribution is -2.08. The van der Waals surface area contributed by atoms with E-state index in [1.54, 1.807) is 13.0 Å². The minimum Gasteiger partial charge on any atom is -0.460 e. The van der Waals surface area contributed by atoms with Gasteiger partial charge in [-0.25, -0.2) is 4.39 Å². The molecule has 0 unspecified atom stereocenters. The summed E-state index contributed by atoms with van der Waals surface area (Å²) in [6, 6.07) is 8.73. The quantitative estimate of drug-likeness (QED) is 0.538. The Hall–Kier alpha value is -3.15. The zero-order valence-corrected chi connectivity index (χ0v) is 13.0. The Morgan fingerprint density at radius 3 is 2.54 bits per heavy atom. The van der Waals surface area contributed by atoms with Gasteiger partial charge in [0, 0.05) is 12.5 Å². The molecule has 6 heteroatoms. The molecule has 0 amide bonds. The highest BCUT2D eigenvalue weighted by molar-refractivity contribution is 5.84. The van der Waals surface area contributed by atoms with E-state index in [2.05, 4.69) is 0 Å². The maximum Gasteiger partial charge on any atom is 0.308 e. The third-order valence-corrected chi connectivity index (χ3v) is 3.42. The number of fused-ring (bicyclic) bond motifs is 1. The van der Waals surface area contributed by atoms with Crippen molar-refractivity contribution in [2.75, 3.05) is 0 Å². The molecule has 0 spiro atoms. The molecule has 3 aromatic rings. The van der Waals surface area contributed by atoms with Gasteiger partial charge in [-0.3, -0.25) is 9.59 Å². The van der Waals surface area contributed by atoms with Crippen LogP contribution in [0.1, 0.15) is 12.5 Å². The molecule has 0 atom stereocenters. The van der Waals surface area contributed by atoms with E-state index in [9.17, 15) is 14.0 Å². The number of benzene rings is 2. The number of carbonyl (C=O) groups excluding carboxylic acids is 1. The number of para-hydroxylation sites is 1. The van der Waals surface area contributed by atoms with Crippen molar-refractivity contribution in [1.82, 2.24) is 0 Å². The first-order chi connectivity index (χ1) is 11.5. The predicted octanol–water partition coefficient (Wildman–Crippen LogP) is 3.96. The van der Waals surface area contributed by atoms with Gasteiger partial charge >= 0.3 is 5.97 Å². The van der Waals surface area contributed by atoms with Crippen molar-refractivity contribution >= 4 is 16.9 Å². The Balaban J connectivity index is 2.07. The summed E-state index contributed by atoms with van der Waals surface area (Å²) in [5.41, 5.74) is 0.342. The number of hydrogen-bond acceptors (Lipinski definition) is 5. The molecule has 0 radical (unpaired) electrons. The predicted molar refractivity (Wildman–Crippen MR) is 85.0 cm³/mol. The molecule has 0 saturated heterocycles. The van der Waals surface area contributed by atoms with Crippen molar-refractivity contribution in [2.24, 2.45) is 0 Å². The van der Waals surface area contributed by atoms with Gasteiger partial charge in [-0.1, -0.05) is 12.1 Å². The molecule has 0 saturated carbocycles. The molecular weight excluding hydrogens is 315 g/mol. The molecule has 0 fully saturated rings. The van der Waals surface area contributed by atoms with E-state index >= 15 is 0 Å². The molecule has 2 aromatic carbocycles. The number of esters is 1. The second-order valence-corrected chi connectivity index (χ2v) is 5.12. The fraction of sp³-hybridized carbons (Fsp3) is 0.111. The van der Waals surface area contributed by atoms with Gasteiger partial charge in [0.05, 0.1) is 5.39 Å². The van der Waals surface area contributed by atoms with Crippen LogP contribution >= 0.6 is 0 Å². The third-order valence-electron chi connectivity index (χ3n) is 3.42. The van der Waals surface area contributed by atoms with Crippen LogP contribution in [0.3, 0.4) is 0 Å². The fourth-order valence-electron chi connectivity index (χ4n) is 2.28. The van der Waals surface area contributed by atoms with Gasteiger partial charge in [0.25, 0.3) is 0 Å². The Morgan fingerprint density at radius 2 is 1.83 bits per heavy atom. The number of hydrogen-bond donors (Lipinski definition) is 0. The van der Waals surface area contributed by atoms with Gasteiger partial charge in [0.1, 0.15) is 17.6 Å². The lowest BCUT2D eigenvalue weighted by molar-refractivity contribution is -0.131. The first kappa shape index (κ1) is 15.7. The van der Waals surface area contributed by atoms with Crippen LogP contribution in [0.2, 0.25) is 0 Å².